The van der Waals surface area contributed by atoms with Gasteiger partial charge in [-0.25, -0.2) is 4.98 Å². The van der Waals surface area contributed by atoms with E-state index in [1.165, 1.54) is 5.56 Å². The molecule has 0 aliphatic carbocycles. The smallest absolute Gasteiger partial charge is 0.157 e. The lowest BCUT2D eigenvalue weighted by molar-refractivity contribution is 0.593. The first-order chi connectivity index (χ1) is 9.76. The Hall–Kier alpha value is -2.20. The number of benzene rings is 1. The number of rotatable bonds is 4. The van der Waals surface area contributed by atoms with Crippen molar-refractivity contribution in [1.82, 2.24) is 15.0 Å². The molecule has 102 valence electrons. The topological polar surface area (TPSA) is 67.6 Å². The molecule has 0 saturated heterocycles. The normalized spacial score (nSPS) is 12.7. The fourth-order valence-electron chi connectivity index (χ4n) is 2.29. The van der Waals surface area contributed by atoms with Crippen LogP contribution in [0.4, 0.5) is 0 Å². The standard InChI is InChI=1S/C16H18N4/c1-11(10-17)8-12-5-6-13-15(9-12)20-16(19-13)14-4-2-3-7-18-14/h2-7,9,11H,8,10,17H2,1H3,(H,19,20). The summed E-state index contributed by atoms with van der Waals surface area (Å²) in [5, 5.41) is 0. The van der Waals surface area contributed by atoms with Gasteiger partial charge < -0.3 is 10.7 Å². The zero-order valence-electron chi connectivity index (χ0n) is 11.5. The van der Waals surface area contributed by atoms with Crippen LogP contribution in [0.15, 0.2) is 42.6 Å². The molecule has 0 fully saturated rings. The molecule has 0 aliphatic heterocycles. The molecule has 0 spiro atoms. The highest BCUT2D eigenvalue weighted by Gasteiger charge is 2.08. The molecule has 1 aromatic carbocycles. The van der Waals surface area contributed by atoms with Crippen LogP contribution in [0, 0.1) is 5.92 Å². The maximum absolute atomic E-state index is 5.68. The Kier molecular flexibility index (Phi) is 3.48. The predicted octanol–water partition coefficient (Wildman–Crippen LogP) is 2.76. The number of aromatic nitrogens is 3. The van der Waals surface area contributed by atoms with Gasteiger partial charge in [0.2, 0.25) is 0 Å². The number of nitrogens with one attached hydrogen (secondary N) is 1. The van der Waals surface area contributed by atoms with Crippen molar-refractivity contribution in [1.29, 1.82) is 0 Å². The summed E-state index contributed by atoms with van der Waals surface area (Å²) < 4.78 is 0. The molecule has 3 N–H and O–H groups in total. The van der Waals surface area contributed by atoms with Crippen LogP contribution in [0.25, 0.3) is 22.6 Å². The lowest BCUT2D eigenvalue weighted by Gasteiger charge is -2.07. The molecule has 2 aromatic heterocycles. The molecule has 3 aromatic rings. The van der Waals surface area contributed by atoms with Crippen LogP contribution in [0.1, 0.15) is 12.5 Å². The van der Waals surface area contributed by atoms with Gasteiger partial charge in [-0.05, 0) is 48.7 Å². The average Bonchev–Trinajstić information content (AvgIpc) is 2.91. The van der Waals surface area contributed by atoms with Crippen molar-refractivity contribution in [3.8, 4) is 11.5 Å². The number of imidazole rings is 1. The molecule has 0 aliphatic rings. The van der Waals surface area contributed by atoms with Crippen molar-refractivity contribution >= 4 is 11.0 Å². The van der Waals surface area contributed by atoms with Crippen LogP contribution in [0.2, 0.25) is 0 Å². The van der Waals surface area contributed by atoms with Gasteiger partial charge in [-0.1, -0.05) is 19.1 Å². The lowest BCUT2D eigenvalue weighted by atomic mass is 10.0. The molecular weight excluding hydrogens is 248 g/mol. The molecule has 1 atom stereocenters. The van der Waals surface area contributed by atoms with E-state index in [0.29, 0.717) is 12.5 Å². The third-order valence-electron chi connectivity index (χ3n) is 3.44. The largest absolute Gasteiger partial charge is 0.337 e. The van der Waals surface area contributed by atoms with Crippen molar-refractivity contribution in [3.63, 3.8) is 0 Å². The van der Waals surface area contributed by atoms with Crippen molar-refractivity contribution in [2.45, 2.75) is 13.3 Å². The molecule has 0 bridgehead atoms. The first kappa shape index (κ1) is 12.8. The van der Waals surface area contributed by atoms with Crippen molar-refractivity contribution in [2.24, 2.45) is 11.7 Å². The van der Waals surface area contributed by atoms with Gasteiger partial charge in [-0.3, -0.25) is 4.98 Å². The highest BCUT2D eigenvalue weighted by Crippen LogP contribution is 2.20. The van der Waals surface area contributed by atoms with Gasteiger partial charge in [0, 0.05) is 6.20 Å². The highest BCUT2D eigenvalue weighted by molar-refractivity contribution is 5.79. The zero-order valence-corrected chi connectivity index (χ0v) is 11.5. The Bertz CT molecular complexity index is 703. The molecule has 2 heterocycles. The Morgan fingerprint density at radius 2 is 2.15 bits per heavy atom. The first-order valence-electron chi connectivity index (χ1n) is 6.86. The minimum absolute atomic E-state index is 0.491. The predicted molar refractivity (Wildman–Crippen MR) is 81.2 cm³/mol. The van der Waals surface area contributed by atoms with Crippen LogP contribution in [-0.4, -0.2) is 21.5 Å². The van der Waals surface area contributed by atoms with Crippen LogP contribution in [0.3, 0.4) is 0 Å². The van der Waals surface area contributed by atoms with E-state index >= 15 is 0 Å². The van der Waals surface area contributed by atoms with Crippen LogP contribution >= 0.6 is 0 Å². The van der Waals surface area contributed by atoms with E-state index in [1.54, 1.807) is 6.20 Å². The summed E-state index contributed by atoms with van der Waals surface area (Å²) in [6.07, 6.45) is 2.77. The van der Waals surface area contributed by atoms with Crippen molar-refractivity contribution in [3.05, 3.63) is 48.2 Å². The maximum Gasteiger partial charge on any atom is 0.157 e. The number of H-pyrrole nitrogens is 1. The fraction of sp³-hybridized carbons (Fsp3) is 0.250. The van der Waals surface area contributed by atoms with E-state index in [1.807, 2.05) is 18.2 Å². The molecule has 0 radical (unpaired) electrons. The highest BCUT2D eigenvalue weighted by atomic mass is 14.9. The Morgan fingerprint density at radius 1 is 1.25 bits per heavy atom. The van der Waals surface area contributed by atoms with Gasteiger partial charge in [0.25, 0.3) is 0 Å². The summed E-state index contributed by atoms with van der Waals surface area (Å²) in [6.45, 7) is 2.87. The maximum atomic E-state index is 5.68. The summed E-state index contributed by atoms with van der Waals surface area (Å²) in [7, 11) is 0. The molecule has 4 nitrogen and oxygen atoms in total. The fourth-order valence-corrected chi connectivity index (χ4v) is 2.29. The lowest BCUT2D eigenvalue weighted by Crippen LogP contribution is -2.12. The molecular formula is C16H18N4. The van der Waals surface area contributed by atoms with Crippen LogP contribution in [-0.2, 0) is 6.42 Å². The van der Waals surface area contributed by atoms with E-state index in [0.717, 1.165) is 29.0 Å². The first-order valence-corrected chi connectivity index (χ1v) is 6.86. The van der Waals surface area contributed by atoms with Crippen LogP contribution in [0.5, 0.6) is 0 Å². The van der Waals surface area contributed by atoms with E-state index in [-0.39, 0.29) is 0 Å². The second kappa shape index (κ2) is 5.43. The number of pyridine rings is 1. The second-order valence-electron chi connectivity index (χ2n) is 5.20. The molecule has 0 amide bonds. The number of nitrogens with zero attached hydrogens (tertiary/aromatic N) is 2. The van der Waals surface area contributed by atoms with E-state index in [2.05, 4.69) is 40.1 Å². The molecule has 20 heavy (non-hydrogen) atoms. The number of aromatic amines is 1. The zero-order chi connectivity index (χ0) is 13.9. The third-order valence-corrected chi connectivity index (χ3v) is 3.44. The number of hydrogen-bond donors (Lipinski definition) is 2. The monoisotopic (exact) mass is 266 g/mol. The average molecular weight is 266 g/mol. The van der Waals surface area contributed by atoms with Gasteiger partial charge in [-0.2, -0.15) is 0 Å². The van der Waals surface area contributed by atoms with Crippen LogP contribution < -0.4 is 5.73 Å². The molecule has 0 saturated carbocycles. The molecule has 4 heteroatoms. The SMILES string of the molecule is CC(CN)Cc1ccc2nc(-c3ccccn3)[nH]c2c1. The van der Waals surface area contributed by atoms with Crippen molar-refractivity contribution < 1.29 is 0 Å². The van der Waals surface area contributed by atoms with Gasteiger partial charge in [0.05, 0.1) is 11.0 Å². The second-order valence-corrected chi connectivity index (χ2v) is 5.20. The van der Waals surface area contributed by atoms with E-state index in [9.17, 15) is 0 Å². The minimum atomic E-state index is 0.491. The summed E-state index contributed by atoms with van der Waals surface area (Å²) in [4.78, 5) is 12.2. The summed E-state index contributed by atoms with van der Waals surface area (Å²) in [6, 6.07) is 12.1. The molecule has 1 unspecified atom stereocenters. The van der Waals surface area contributed by atoms with Gasteiger partial charge in [0.15, 0.2) is 5.82 Å². The minimum Gasteiger partial charge on any atom is -0.337 e. The van der Waals surface area contributed by atoms with E-state index < -0.39 is 0 Å². The molecule has 3 rings (SSSR count). The number of nitrogens with two attached hydrogens (primary N) is 1. The van der Waals surface area contributed by atoms with E-state index in [4.69, 9.17) is 5.73 Å². The number of fused-ring (bicyclic) bond motifs is 1. The van der Waals surface area contributed by atoms with Gasteiger partial charge in [-0.15, -0.1) is 0 Å². The van der Waals surface area contributed by atoms with Gasteiger partial charge >= 0.3 is 0 Å². The number of hydrogen-bond acceptors (Lipinski definition) is 3. The summed E-state index contributed by atoms with van der Waals surface area (Å²) in [5.41, 5.74) is 9.85. The Morgan fingerprint density at radius 3 is 2.90 bits per heavy atom. The summed E-state index contributed by atoms with van der Waals surface area (Å²) in [5.74, 6) is 1.30. The Balaban J connectivity index is 1.95. The quantitative estimate of drug-likeness (QED) is 0.763. The third kappa shape index (κ3) is 2.56. The Labute approximate surface area is 118 Å². The van der Waals surface area contributed by atoms with Gasteiger partial charge in [0.1, 0.15) is 5.69 Å². The summed E-state index contributed by atoms with van der Waals surface area (Å²) >= 11 is 0. The van der Waals surface area contributed by atoms with Crippen molar-refractivity contribution in [2.75, 3.05) is 6.54 Å².